The van der Waals surface area contributed by atoms with Crippen LogP contribution < -0.4 is 5.32 Å². The zero-order chi connectivity index (χ0) is 16.9. The summed E-state index contributed by atoms with van der Waals surface area (Å²) in [5.74, 6) is -3.63. The molecule has 1 atom stereocenters. The minimum absolute atomic E-state index is 0.0459. The van der Waals surface area contributed by atoms with Gasteiger partial charge in [-0.3, -0.25) is 9.59 Å². The summed E-state index contributed by atoms with van der Waals surface area (Å²) in [7, 11) is 1.40. The maximum absolute atomic E-state index is 13.3. The molecule has 22 heavy (non-hydrogen) atoms. The van der Waals surface area contributed by atoms with Gasteiger partial charge in [-0.25, -0.2) is 8.78 Å². The van der Waals surface area contributed by atoms with E-state index in [1.54, 1.807) is 0 Å². The van der Waals surface area contributed by atoms with Crippen LogP contribution in [0.2, 0.25) is 0 Å². The van der Waals surface area contributed by atoms with Gasteiger partial charge in [-0.2, -0.15) is 0 Å². The predicted octanol–water partition coefficient (Wildman–Crippen LogP) is 2.27. The van der Waals surface area contributed by atoms with Crippen LogP contribution in [0.5, 0.6) is 0 Å². The van der Waals surface area contributed by atoms with E-state index in [2.05, 4.69) is 5.32 Å². The number of carbonyl (C=O) groups excluding carboxylic acids is 1. The Balaban J connectivity index is 2.86. The van der Waals surface area contributed by atoms with Gasteiger partial charge in [-0.15, -0.1) is 0 Å². The van der Waals surface area contributed by atoms with Gasteiger partial charge in [-0.1, -0.05) is 6.07 Å². The fourth-order valence-corrected chi connectivity index (χ4v) is 1.84. The molecule has 0 heterocycles. The van der Waals surface area contributed by atoms with Gasteiger partial charge in [0.25, 0.3) is 0 Å². The topological polar surface area (TPSA) is 75.6 Å². The lowest BCUT2D eigenvalue weighted by Crippen LogP contribution is -2.36. The fourth-order valence-electron chi connectivity index (χ4n) is 1.84. The van der Waals surface area contributed by atoms with Gasteiger partial charge in [0.1, 0.15) is 0 Å². The van der Waals surface area contributed by atoms with Gasteiger partial charge in [0.05, 0.1) is 18.1 Å². The number of benzene rings is 1. The van der Waals surface area contributed by atoms with Crippen LogP contribution >= 0.6 is 0 Å². The summed E-state index contributed by atoms with van der Waals surface area (Å²) in [6.07, 6.45) is -0.244. The Labute approximate surface area is 127 Å². The third-order valence-electron chi connectivity index (χ3n) is 3.20. The summed E-state index contributed by atoms with van der Waals surface area (Å²) in [5.41, 5.74) is -0.891. The number of hydrogen-bond donors (Lipinski definition) is 2. The molecule has 2 N–H and O–H groups in total. The van der Waals surface area contributed by atoms with Crippen molar-refractivity contribution in [1.82, 2.24) is 5.32 Å². The van der Waals surface area contributed by atoms with Crippen LogP contribution in [-0.4, -0.2) is 30.7 Å². The summed E-state index contributed by atoms with van der Waals surface area (Å²) in [6.45, 7) is 2.90. The zero-order valence-corrected chi connectivity index (χ0v) is 12.7. The Kier molecular flexibility index (Phi) is 5.99. The quantitative estimate of drug-likeness (QED) is 0.809. The Morgan fingerprint density at radius 1 is 1.32 bits per heavy atom. The molecule has 1 unspecified atom stereocenters. The summed E-state index contributed by atoms with van der Waals surface area (Å²) in [4.78, 5) is 23.0. The summed E-state index contributed by atoms with van der Waals surface area (Å²) >= 11 is 0. The minimum Gasteiger partial charge on any atom is -0.481 e. The first-order valence-corrected chi connectivity index (χ1v) is 6.64. The number of nitrogens with one attached hydrogen (secondary N) is 1. The zero-order valence-electron chi connectivity index (χ0n) is 12.7. The second-order valence-electron chi connectivity index (χ2n) is 5.61. The van der Waals surface area contributed by atoms with E-state index in [0.29, 0.717) is 5.56 Å². The van der Waals surface area contributed by atoms with Crippen molar-refractivity contribution in [2.75, 3.05) is 13.7 Å². The summed E-state index contributed by atoms with van der Waals surface area (Å²) in [5, 5.41) is 11.6. The first-order valence-electron chi connectivity index (χ1n) is 6.64. The van der Waals surface area contributed by atoms with E-state index in [0.717, 1.165) is 12.1 Å². The molecule has 0 aliphatic heterocycles. The molecule has 0 saturated carbocycles. The van der Waals surface area contributed by atoms with Crippen molar-refractivity contribution in [2.24, 2.45) is 5.41 Å². The number of ether oxygens (including phenoxy) is 1. The lowest BCUT2D eigenvalue weighted by molar-refractivity contribution is -0.149. The van der Waals surface area contributed by atoms with Gasteiger partial charge in [-0.05, 0) is 31.5 Å². The fraction of sp³-hybridized carbons (Fsp3) is 0.467. The van der Waals surface area contributed by atoms with E-state index in [1.807, 2.05) is 0 Å². The Hall–Kier alpha value is -2.02. The second-order valence-corrected chi connectivity index (χ2v) is 5.61. The first kappa shape index (κ1) is 18.0. The molecule has 0 saturated heterocycles. The standard InChI is InChI=1S/C15H19F2NO4/c1-15(2,14(20)21)7-13(19)18-12(8-22-3)9-4-5-10(16)11(17)6-9/h4-6,12H,7-8H2,1-3H3,(H,18,19)(H,20,21). The van der Waals surface area contributed by atoms with Crippen LogP contribution in [-0.2, 0) is 14.3 Å². The molecule has 5 nitrogen and oxygen atoms in total. The van der Waals surface area contributed by atoms with E-state index in [9.17, 15) is 18.4 Å². The van der Waals surface area contributed by atoms with Gasteiger partial charge < -0.3 is 15.2 Å². The van der Waals surface area contributed by atoms with E-state index >= 15 is 0 Å². The Morgan fingerprint density at radius 3 is 2.45 bits per heavy atom. The molecule has 0 aliphatic rings. The number of halogens is 2. The molecule has 0 aromatic heterocycles. The predicted molar refractivity (Wildman–Crippen MR) is 75.2 cm³/mol. The number of aliphatic carboxylic acids is 1. The molecule has 0 spiro atoms. The van der Waals surface area contributed by atoms with E-state index < -0.39 is 35.0 Å². The molecule has 0 bridgehead atoms. The smallest absolute Gasteiger partial charge is 0.309 e. The molecular weight excluding hydrogens is 296 g/mol. The molecule has 1 rings (SSSR count). The molecule has 122 valence electrons. The van der Waals surface area contributed by atoms with Crippen LogP contribution in [0.1, 0.15) is 31.9 Å². The van der Waals surface area contributed by atoms with Gasteiger partial charge in [0.15, 0.2) is 11.6 Å². The number of rotatable bonds is 7. The lowest BCUT2D eigenvalue weighted by atomic mass is 9.89. The minimum atomic E-state index is -1.23. The van der Waals surface area contributed by atoms with Crippen LogP contribution in [0.4, 0.5) is 8.78 Å². The third-order valence-corrected chi connectivity index (χ3v) is 3.20. The van der Waals surface area contributed by atoms with Crippen molar-refractivity contribution in [3.63, 3.8) is 0 Å². The van der Waals surface area contributed by atoms with Crippen LogP contribution in [0.15, 0.2) is 18.2 Å². The van der Waals surface area contributed by atoms with Crippen molar-refractivity contribution in [3.8, 4) is 0 Å². The monoisotopic (exact) mass is 315 g/mol. The normalized spacial score (nSPS) is 12.8. The van der Waals surface area contributed by atoms with E-state index in [4.69, 9.17) is 9.84 Å². The third kappa shape index (κ3) is 4.77. The average molecular weight is 315 g/mol. The number of methoxy groups -OCH3 is 1. The van der Waals surface area contributed by atoms with Crippen LogP contribution in [0, 0.1) is 17.0 Å². The number of carbonyl (C=O) groups is 2. The van der Waals surface area contributed by atoms with E-state index in [-0.39, 0.29) is 13.0 Å². The van der Waals surface area contributed by atoms with Crippen LogP contribution in [0.3, 0.4) is 0 Å². The van der Waals surface area contributed by atoms with Gasteiger partial charge >= 0.3 is 5.97 Å². The van der Waals surface area contributed by atoms with Crippen molar-refractivity contribution in [3.05, 3.63) is 35.4 Å². The summed E-state index contributed by atoms with van der Waals surface area (Å²) in [6, 6.07) is 2.57. The van der Waals surface area contributed by atoms with Crippen molar-refractivity contribution < 1.29 is 28.2 Å². The maximum Gasteiger partial charge on any atom is 0.309 e. The highest BCUT2D eigenvalue weighted by Crippen LogP contribution is 2.22. The maximum atomic E-state index is 13.3. The highest BCUT2D eigenvalue weighted by atomic mass is 19.2. The Bertz CT molecular complexity index is 560. The molecule has 0 aliphatic carbocycles. The largest absolute Gasteiger partial charge is 0.481 e. The number of carboxylic acids is 1. The molecular formula is C15H19F2NO4. The van der Waals surface area contributed by atoms with Crippen molar-refractivity contribution in [2.45, 2.75) is 26.3 Å². The number of carboxylic acid groups (broad SMARTS) is 1. The highest BCUT2D eigenvalue weighted by Gasteiger charge is 2.31. The average Bonchev–Trinajstić information content (AvgIpc) is 2.40. The molecule has 1 aromatic carbocycles. The van der Waals surface area contributed by atoms with Crippen molar-refractivity contribution >= 4 is 11.9 Å². The molecule has 7 heteroatoms. The number of amides is 1. The molecule has 1 amide bonds. The SMILES string of the molecule is COCC(NC(=O)CC(C)(C)C(=O)O)c1ccc(F)c(F)c1. The van der Waals surface area contributed by atoms with Crippen LogP contribution in [0.25, 0.3) is 0 Å². The second kappa shape index (κ2) is 7.31. The Morgan fingerprint density at radius 2 is 1.95 bits per heavy atom. The van der Waals surface area contributed by atoms with Gasteiger partial charge in [0, 0.05) is 13.5 Å². The van der Waals surface area contributed by atoms with E-state index in [1.165, 1.54) is 27.0 Å². The lowest BCUT2D eigenvalue weighted by Gasteiger charge is -2.22. The molecule has 0 radical (unpaired) electrons. The first-order chi connectivity index (χ1) is 10.2. The number of hydrogen-bond acceptors (Lipinski definition) is 3. The summed E-state index contributed by atoms with van der Waals surface area (Å²) < 4.78 is 31.2. The van der Waals surface area contributed by atoms with Crippen molar-refractivity contribution in [1.29, 1.82) is 0 Å². The highest BCUT2D eigenvalue weighted by molar-refractivity contribution is 5.84. The molecule has 0 fully saturated rings. The molecule has 1 aromatic rings. The van der Waals surface area contributed by atoms with Gasteiger partial charge in [0.2, 0.25) is 5.91 Å².